The Morgan fingerprint density at radius 3 is 2.83 bits per heavy atom. The smallest absolute Gasteiger partial charge is 0.319 e. The van der Waals surface area contributed by atoms with E-state index in [1.165, 1.54) is 6.07 Å². The topological polar surface area (TPSA) is 83.5 Å². The van der Waals surface area contributed by atoms with Crippen LogP contribution in [0.2, 0.25) is 0 Å². The van der Waals surface area contributed by atoms with E-state index in [2.05, 4.69) is 20.2 Å². The molecule has 9 rings (SSSR count). The van der Waals surface area contributed by atoms with Gasteiger partial charge in [0.15, 0.2) is 5.82 Å². The van der Waals surface area contributed by atoms with E-state index in [4.69, 9.17) is 9.72 Å². The van der Waals surface area contributed by atoms with Crippen LogP contribution in [-0.4, -0.2) is 75.8 Å². The Hall–Kier alpha value is -3.99. The lowest BCUT2D eigenvalue weighted by Gasteiger charge is -2.42. The van der Waals surface area contributed by atoms with Crippen LogP contribution >= 0.6 is 0 Å². The second-order valence-electron chi connectivity index (χ2n) is 13.8. The lowest BCUT2D eigenvalue weighted by Crippen LogP contribution is -2.57. The molecule has 2 aromatic carbocycles. The number of piperidine rings is 1. The number of aryl methyl sites for hydroxylation is 1. The van der Waals surface area contributed by atoms with Crippen molar-refractivity contribution in [1.82, 2.24) is 25.2 Å². The quantitative estimate of drug-likeness (QED) is 0.302. The first kappa shape index (κ1) is 29.4. The Bertz CT molecular complexity index is 1870. The SMILES string of the molecule is C[C@@]12CCCN(C1)c1nc(OC[C@@]34CCCN3C[C@H](F)C4)nc3c(F)c(ncc13)-c1cccc3ccc(F)c(c13)CCCC(=O)N2. The van der Waals surface area contributed by atoms with E-state index in [0.29, 0.717) is 66.6 Å². The van der Waals surface area contributed by atoms with Gasteiger partial charge in [0, 0.05) is 44.2 Å². The van der Waals surface area contributed by atoms with Crippen LogP contribution in [0.3, 0.4) is 0 Å². The molecule has 240 valence electrons. The predicted octanol–water partition coefficient (Wildman–Crippen LogP) is 5.89. The largest absolute Gasteiger partial charge is 0.461 e. The third-order valence-electron chi connectivity index (χ3n) is 10.5. The summed E-state index contributed by atoms with van der Waals surface area (Å²) < 4.78 is 53.1. The van der Waals surface area contributed by atoms with E-state index in [1.54, 1.807) is 24.4 Å². The number of hydrogen-bond donors (Lipinski definition) is 1. The summed E-state index contributed by atoms with van der Waals surface area (Å²) >= 11 is 0. The van der Waals surface area contributed by atoms with E-state index in [1.807, 2.05) is 17.9 Å². The van der Waals surface area contributed by atoms with E-state index in [-0.39, 0.29) is 36.2 Å². The second-order valence-corrected chi connectivity index (χ2v) is 13.8. The monoisotopic (exact) mass is 630 g/mol. The minimum absolute atomic E-state index is 0.0177. The summed E-state index contributed by atoms with van der Waals surface area (Å²) in [6, 6.07) is 8.53. The zero-order valence-electron chi connectivity index (χ0n) is 25.9. The number of nitrogens with zero attached hydrogens (tertiary/aromatic N) is 5. The van der Waals surface area contributed by atoms with Gasteiger partial charge in [-0.1, -0.05) is 24.3 Å². The number of anilines is 1. The van der Waals surface area contributed by atoms with Crippen LogP contribution in [0.1, 0.15) is 57.4 Å². The zero-order valence-corrected chi connectivity index (χ0v) is 25.9. The molecule has 0 spiro atoms. The summed E-state index contributed by atoms with van der Waals surface area (Å²) in [5.74, 6) is -0.654. The van der Waals surface area contributed by atoms with Gasteiger partial charge in [-0.2, -0.15) is 9.97 Å². The van der Waals surface area contributed by atoms with Gasteiger partial charge in [0.2, 0.25) is 5.91 Å². The van der Waals surface area contributed by atoms with Crippen molar-refractivity contribution >= 4 is 33.4 Å². The second kappa shape index (κ2) is 11.1. The van der Waals surface area contributed by atoms with E-state index in [0.717, 1.165) is 37.6 Å². The number of pyridine rings is 1. The maximum atomic E-state index is 16.9. The first-order valence-electron chi connectivity index (χ1n) is 16.4. The van der Waals surface area contributed by atoms with Crippen LogP contribution in [0, 0.1) is 11.6 Å². The maximum absolute atomic E-state index is 16.9. The number of fused-ring (bicyclic) bond motifs is 6. The zero-order chi connectivity index (χ0) is 31.6. The minimum Gasteiger partial charge on any atom is -0.461 e. The summed E-state index contributed by atoms with van der Waals surface area (Å²) in [5.41, 5.74) is 0.0174. The lowest BCUT2D eigenvalue weighted by molar-refractivity contribution is -0.123. The number of carbonyl (C=O) groups excluding carboxylic acids is 1. The fraction of sp³-hybridized carbons (Fsp3) is 0.486. The van der Waals surface area contributed by atoms with Crippen molar-refractivity contribution in [3.05, 3.63) is 53.7 Å². The van der Waals surface area contributed by atoms with Crippen LogP contribution in [0.4, 0.5) is 19.0 Å². The summed E-state index contributed by atoms with van der Waals surface area (Å²) in [7, 11) is 0. The van der Waals surface area contributed by atoms with Crippen LogP contribution in [0.15, 0.2) is 36.5 Å². The van der Waals surface area contributed by atoms with Crippen molar-refractivity contribution in [2.24, 2.45) is 0 Å². The van der Waals surface area contributed by atoms with Gasteiger partial charge in [0.05, 0.1) is 16.5 Å². The summed E-state index contributed by atoms with van der Waals surface area (Å²) in [5, 5.41) is 4.98. The standard InChI is InChI=1S/C35H37F3N6O2/c1-34-12-4-14-43(19-34)32-25-17-39-30(24-8-2-6-21-10-11-26(37)23(28(21)24)7-3-9-27(45)42-34)29(38)31(25)40-33(41-32)46-20-35-13-5-15-44(35)18-22(36)16-35/h2,6,8,10-11,17,22H,3-5,7,9,12-16,18-20H2,1H3,(H,42,45)/t22-,34-,35+/m1/s1. The molecule has 6 bridgehead atoms. The molecule has 8 nitrogen and oxygen atoms in total. The lowest BCUT2D eigenvalue weighted by atomic mass is 9.90. The number of amides is 1. The fourth-order valence-corrected chi connectivity index (χ4v) is 8.38. The van der Waals surface area contributed by atoms with Crippen molar-refractivity contribution in [2.45, 2.75) is 75.5 Å². The number of ether oxygens (including phenoxy) is 1. The molecule has 0 saturated carbocycles. The maximum Gasteiger partial charge on any atom is 0.319 e. The van der Waals surface area contributed by atoms with Crippen molar-refractivity contribution in [3.63, 3.8) is 0 Å². The third kappa shape index (κ3) is 4.94. The molecule has 11 heteroatoms. The van der Waals surface area contributed by atoms with Gasteiger partial charge in [0.25, 0.3) is 0 Å². The summed E-state index contributed by atoms with van der Waals surface area (Å²) in [6.07, 6.45) is 5.39. The van der Waals surface area contributed by atoms with Gasteiger partial charge in [-0.3, -0.25) is 14.7 Å². The normalized spacial score (nSPS) is 26.7. The number of carbonyl (C=O) groups is 1. The van der Waals surface area contributed by atoms with E-state index >= 15 is 8.78 Å². The predicted molar refractivity (Wildman–Crippen MR) is 170 cm³/mol. The molecule has 1 N–H and O–H groups in total. The molecule has 4 aromatic rings. The fourth-order valence-electron chi connectivity index (χ4n) is 8.38. The van der Waals surface area contributed by atoms with Crippen molar-refractivity contribution in [3.8, 4) is 17.3 Å². The van der Waals surface area contributed by atoms with Gasteiger partial charge in [-0.15, -0.1) is 0 Å². The highest BCUT2D eigenvalue weighted by atomic mass is 19.1. The first-order valence-corrected chi connectivity index (χ1v) is 16.4. The summed E-state index contributed by atoms with van der Waals surface area (Å²) in [6.45, 7) is 4.53. The highest BCUT2D eigenvalue weighted by molar-refractivity contribution is 6.01. The molecule has 3 atom stereocenters. The molecular formula is C35H37F3N6O2. The molecule has 5 aliphatic rings. The average Bonchev–Trinajstić information content (AvgIpc) is 3.56. The van der Waals surface area contributed by atoms with Gasteiger partial charge in [-0.05, 0) is 74.4 Å². The minimum atomic E-state index is -0.911. The van der Waals surface area contributed by atoms with E-state index in [9.17, 15) is 9.18 Å². The molecule has 7 heterocycles. The molecule has 5 aliphatic heterocycles. The van der Waals surface area contributed by atoms with Crippen LogP contribution < -0.4 is 15.0 Å². The van der Waals surface area contributed by atoms with Crippen molar-refractivity contribution < 1.29 is 22.7 Å². The van der Waals surface area contributed by atoms with Crippen LogP contribution in [0.5, 0.6) is 6.01 Å². The molecule has 46 heavy (non-hydrogen) atoms. The van der Waals surface area contributed by atoms with Crippen LogP contribution in [-0.2, 0) is 11.2 Å². The third-order valence-corrected chi connectivity index (χ3v) is 10.5. The highest BCUT2D eigenvalue weighted by Crippen LogP contribution is 2.42. The first-order chi connectivity index (χ1) is 22.2. The Morgan fingerprint density at radius 1 is 1.07 bits per heavy atom. The summed E-state index contributed by atoms with van der Waals surface area (Å²) in [4.78, 5) is 31.5. The Kier molecular flexibility index (Phi) is 7.08. The number of hydrogen-bond acceptors (Lipinski definition) is 7. The molecular weight excluding hydrogens is 593 g/mol. The van der Waals surface area contributed by atoms with E-state index < -0.39 is 28.9 Å². The van der Waals surface area contributed by atoms with Gasteiger partial charge in [-0.25, -0.2) is 13.2 Å². The number of aromatic nitrogens is 3. The van der Waals surface area contributed by atoms with Gasteiger partial charge < -0.3 is 15.0 Å². The van der Waals surface area contributed by atoms with Crippen LogP contribution in [0.25, 0.3) is 32.9 Å². The number of halogens is 3. The Morgan fingerprint density at radius 2 is 1.93 bits per heavy atom. The Balaban J connectivity index is 1.31. The molecule has 2 aromatic heterocycles. The number of benzene rings is 2. The highest BCUT2D eigenvalue weighted by Gasteiger charge is 2.49. The number of alkyl halides is 1. The average molecular weight is 631 g/mol. The molecule has 1 amide bonds. The molecule has 3 saturated heterocycles. The molecule has 3 fully saturated rings. The van der Waals surface area contributed by atoms with Crippen molar-refractivity contribution in [1.29, 1.82) is 0 Å². The molecule has 0 unspecified atom stereocenters. The van der Waals surface area contributed by atoms with Gasteiger partial charge >= 0.3 is 6.01 Å². The van der Waals surface area contributed by atoms with Gasteiger partial charge in [0.1, 0.15) is 35.6 Å². The van der Waals surface area contributed by atoms with Crippen molar-refractivity contribution in [2.75, 3.05) is 37.7 Å². The molecule has 0 radical (unpaired) electrons. The molecule has 0 aliphatic carbocycles. The Labute approximate surface area is 265 Å². The number of rotatable bonds is 3. The number of nitrogens with one attached hydrogen (secondary N) is 1.